The maximum Gasteiger partial charge on any atom is 0.155 e. The first-order chi connectivity index (χ1) is 11.6. The van der Waals surface area contributed by atoms with Crippen molar-refractivity contribution in [3.63, 3.8) is 0 Å². The smallest absolute Gasteiger partial charge is 0.155 e. The van der Waals surface area contributed by atoms with Gasteiger partial charge in [0.2, 0.25) is 0 Å². The van der Waals surface area contributed by atoms with E-state index in [1.54, 1.807) is 0 Å². The van der Waals surface area contributed by atoms with E-state index < -0.39 is 5.60 Å². The van der Waals surface area contributed by atoms with Crippen LogP contribution in [0.25, 0.3) is 0 Å². The van der Waals surface area contributed by atoms with Gasteiger partial charge in [0.15, 0.2) is 5.78 Å². The minimum atomic E-state index is -0.929. The number of aliphatic hydroxyl groups is 1. The minimum Gasteiger partial charge on any atom is -0.384 e. The number of halogens is 1. The van der Waals surface area contributed by atoms with E-state index in [0.29, 0.717) is 40.9 Å². The molecule has 4 aliphatic rings. The second-order valence-corrected chi connectivity index (χ2v) is 10.2. The molecule has 0 aromatic heterocycles. The van der Waals surface area contributed by atoms with Crippen LogP contribution in [0.5, 0.6) is 0 Å². The second kappa shape index (κ2) is 5.45. The molecule has 4 rings (SSSR count). The lowest BCUT2D eigenvalue weighted by Gasteiger charge is -2.64. The number of carbonyl (C=O) groups is 1. The molecule has 0 aliphatic heterocycles. The van der Waals surface area contributed by atoms with Crippen molar-refractivity contribution >= 4 is 17.4 Å². The van der Waals surface area contributed by atoms with Crippen molar-refractivity contribution in [3.8, 4) is 0 Å². The lowest BCUT2D eigenvalue weighted by molar-refractivity contribution is -0.154. The highest BCUT2D eigenvalue weighted by Gasteiger charge is 2.62. The lowest BCUT2D eigenvalue weighted by Crippen LogP contribution is -2.60. The van der Waals surface area contributed by atoms with Gasteiger partial charge in [0.25, 0.3) is 0 Å². The van der Waals surface area contributed by atoms with E-state index in [1.165, 1.54) is 5.57 Å². The molecule has 2 fully saturated rings. The molecule has 7 atom stereocenters. The van der Waals surface area contributed by atoms with Crippen LogP contribution in [-0.4, -0.2) is 16.5 Å². The van der Waals surface area contributed by atoms with E-state index in [0.717, 1.165) is 32.1 Å². The topological polar surface area (TPSA) is 37.3 Å². The van der Waals surface area contributed by atoms with Crippen LogP contribution >= 0.6 is 11.6 Å². The monoisotopic (exact) mass is 362 g/mol. The van der Waals surface area contributed by atoms with E-state index in [9.17, 15) is 9.90 Å². The summed E-state index contributed by atoms with van der Waals surface area (Å²) in [5.41, 5.74) is 0.485. The fourth-order valence-corrected chi connectivity index (χ4v) is 7.28. The third kappa shape index (κ3) is 2.22. The average molecular weight is 363 g/mol. The summed E-state index contributed by atoms with van der Waals surface area (Å²) in [6.07, 6.45) is 9.90. The predicted octanol–water partition coefficient (Wildman–Crippen LogP) is 5.25. The first-order valence-corrected chi connectivity index (χ1v) is 10.3. The van der Waals surface area contributed by atoms with Crippen LogP contribution in [0, 0.1) is 34.5 Å². The molecule has 0 heterocycles. The van der Waals surface area contributed by atoms with Gasteiger partial charge in [-0.05, 0) is 74.2 Å². The maximum atomic E-state index is 12.0. The summed E-state index contributed by atoms with van der Waals surface area (Å²) in [6, 6.07) is 0. The SMILES string of the molecule is C[C@@H]1CC2=CC(=O)CC[C@]2(C)[C@H]2CC[C@@]3(C)[C@@H](CC=C(Cl)[C@]3(C)O)[C@H]12. The largest absolute Gasteiger partial charge is 0.384 e. The molecule has 0 amide bonds. The Bertz CT molecular complexity index is 676. The van der Waals surface area contributed by atoms with Crippen molar-refractivity contribution in [2.75, 3.05) is 0 Å². The summed E-state index contributed by atoms with van der Waals surface area (Å²) in [4.78, 5) is 12.0. The van der Waals surface area contributed by atoms with Crippen molar-refractivity contribution in [2.24, 2.45) is 34.5 Å². The zero-order valence-corrected chi connectivity index (χ0v) is 16.7. The van der Waals surface area contributed by atoms with Crippen molar-refractivity contribution in [3.05, 3.63) is 22.8 Å². The molecular weight excluding hydrogens is 332 g/mol. The molecule has 0 unspecified atom stereocenters. The van der Waals surface area contributed by atoms with Crippen LogP contribution in [0.15, 0.2) is 22.8 Å². The van der Waals surface area contributed by atoms with Gasteiger partial charge in [0, 0.05) is 16.9 Å². The molecule has 2 nitrogen and oxygen atoms in total. The Hall–Kier alpha value is -0.600. The number of allylic oxidation sites excluding steroid dienone is 3. The van der Waals surface area contributed by atoms with E-state index in [1.807, 2.05) is 13.0 Å². The van der Waals surface area contributed by atoms with Gasteiger partial charge in [-0.1, -0.05) is 44.0 Å². The van der Waals surface area contributed by atoms with Crippen LogP contribution < -0.4 is 0 Å². The quantitative estimate of drug-likeness (QED) is 0.639. The van der Waals surface area contributed by atoms with Gasteiger partial charge in [-0.15, -0.1) is 0 Å². The van der Waals surface area contributed by atoms with Crippen LogP contribution in [0.4, 0.5) is 0 Å². The highest BCUT2D eigenvalue weighted by molar-refractivity contribution is 6.30. The lowest BCUT2D eigenvalue weighted by atomic mass is 9.41. The minimum absolute atomic E-state index is 0.156. The number of hydrogen-bond donors (Lipinski definition) is 1. The molecule has 25 heavy (non-hydrogen) atoms. The van der Waals surface area contributed by atoms with Gasteiger partial charge in [0.05, 0.1) is 0 Å². The average Bonchev–Trinajstić information content (AvgIpc) is 2.54. The summed E-state index contributed by atoms with van der Waals surface area (Å²) >= 11 is 6.45. The number of carbonyl (C=O) groups excluding carboxylic acids is 1. The normalized spacial score (nSPS) is 52.5. The Balaban J connectivity index is 1.77. The van der Waals surface area contributed by atoms with Crippen molar-refractivity contribution in [1.82, 2.24) is 0 Å². The standard InChI is InChI=1S/C22H31ClO2/c1-13-11-14-12-15(24)7-9-20(14,2)16-8-10-21(3)17(19(13)16)5-6-18(23)22(21,4)25/h6,12-13,16-17,19,25H,5,7-11H2,1-4H3/t13-,16+,17+,19-,20+,21+,22+/m1/s1. The third-order valence-electron chi connectivity index (χ3n) is 8.83. The Morgan fingerprint density at radius 1 is 1.20 bits per heavy atom. The summed E-state index contributed by atoms with van der Waals surface area (Å²) < 4.78 is 0. The molecule has 138 valence electrons. The summed E-state index contributed by atoms with van der Waals surface area (Å²) in [5, 5.41) is 11.9. The van der Waals surface area contributed by atoms with E-state index >= 15 is 0 Å². The van der Waals surface area contributed by atoms with Crippen LogP contribution in [0.2, 0.25) is 0 Å². The number of ketones is 1. The molecule has 1 N–H and O–H groups in total. The fraction of sp³-hybridized carbons (Fsp3) is 0.773. The third-order valence-corrected chi connectivity index (χ3v) is 9.35. The molecule has 0 spiro atoms. The van der Waals surface area contributed by atoms with Gasteiger partial charge in [-0.2, -0.15) is 0 Å². The Labute approximate surface area is 156 Å². The molecular formula is C22H31ClO2. The summed E-state index contributed by atoms with van der Waals surface area (Å²) in [6.45, 7) is 8.94. The maximum absolute atomic E-state index is 12.0. The Morgan fingerprint density at radius 2 is 1.92 bits per heavy atom. The molecule has 0 aromatic rings. The fourth-order valence-electron chi connectivity index (χ4n) is 6.97. The molecule has 2 saturated carbocycles. The van der Waals surface area contributed by atoms with Crippen LogP contribution in [-0.2, 0) is 4.79 Å². The zero-order valence-electron chi connectivity index (χ0n) is 15.9. The van der Waals surface area contributed by atoms with E-state index in [2.05, 4.69) is 26.8 Å². The van der Waals surface area contributed by atoms with Gasteiger partial charge in [0.1, 0.15) is 5.60 Å². The summed E-state index contributed by atoms with van der Waals surface area (Å²) in [7, 11) is 0. The van der Waals surface area contributed by atoms with Gasteiger partial charge in [-0.3, -0.25) is 4.79 Å². The van der Waals surface area contributed by atoms with E-state index in [4.69, 9.17) is 11.6 Å². The van der Waals surface area contributed by atoms with Crippen molar-refractivity contribution < 1.29 is 9.90 Å². The van der Waals surface area contributed by atoms with Gasteiger partial charge < -0.3 is 5.11 Å². The zero-order chi connectivity index (χ0) is 18.2. The van der Waals surface area contributed by atoms with Crippen LogP contribution in [0.3, 0.4) is 0 Å². The second-order valence-electron chi connectivity index (χ2n) is 9.84. The number of hydrogen-bond acceptors (Lipinski definition) is 2. The first-order valence-electron chi connectivity index (χ1n) is 9.93. The molecule has 0 radical (unpaired) electrons. The Kier molecular flexibility index (Phi) is 3.88. The van der Waals surface area contributed by atoms with Crippen molar-refractivity contribution in [2.45, 2.75) is 71.8 Å². The van der Waals surface area contributed by atoms with Crippen molar-refractivity contribution in [1.29, 1.82) is 0 Å². The predicted molar refractivity (Wildman–Crippen MR) is 101 cm³/mol. The number of fused-ring (bicyclic) bond motifs is 5. The van der Waals surface area contributed by atoms with E-state index in [-0.39, 0.29) is 10.8 Å². The van der Waals surface area contributed by atoms with Crippen LogP contribution in [0.1, 0.15) is 66.2 Å². The Morgan fingerprint density at radius 3 is 2.64 bits per heavy atom. The molecule has 0 saturated heterocycles. The number of rotatable bonds is 0. The molecule has 4 aliphatic carbocycles. The molecule has 0 bridgehead atoms. The first kappa shape index (κ1) is 17.8. The molecule has 3 heteroatoms. The van der Waals surface area contributed by atoms with Gasteiger partial charge >= 0.3 is 0 Å². The van der Waals surface area contributed by atoms with Gasteiger partial charge in [-0.25, -0.2) is 0 Å². The highest BCUT2D eigenvalue weighted by Crippen LogP contribution is 2.67. The summed E-state index contributed by atoms with van der Waals surface area (Å²) in [5.74, 6) is 2.56. The highest BCUT2D eigenvalue weighted by atomic mass is 35.5. The molecule has 0 aromatic carbocycles.